The number of carbonyl (C=O) groups is 1. The Kier molecular flexibility index (Phi) is 6.74. The van der Waals surface area contributed by atoms with Crippen LogP contribution < -0.4 is 14.8 Å². The molecule has 0 unspecified atom stereocenters. The number of carbonyl (C=O) groups excluding carboxylic acids is 1. The smallest absolute Gasteiger partial charge is 0.387 e. The van der Waals surface area contributed by atoms with E-state index in [9.17, 15) is 13.6 Å². The summed E-state index contributed by atoms with van der Waals surface area (Å²) in [6.07, 6.45) is 1.33. The number of ether oxygens (including phenoxy) is 2. The van der Waals surface area contributed by atoms with Gasteiger partial charge in [0.25, 0.3) is 5.91 Å². The van der Waals surface area contributed by atoms with Gasteiger partial charge in [-0.2, -0.15) is 8.78 Å². The monoisotopic (exact) mass is 330 g/mol. The van der Waals surface area contributed by atoms with Crippen LogP contribution in [0.5, 0.6) is 11.5 Å². The van der Waals surface area contributed by atoms with E-state index in [2.05, 4.69) is 15.2 Å². The van der Waals surface area contributed by atoms with E-state index < -0.39 is 6.61 Å². The summed E-state index contributed by atoms with van der Waals surface area (Å²) < 4.78 is 33.7. The van der Waals surface area contributed by atoms with Crippen molar-refractivity contribution in [3.05, 3.63) is 23.8 Å². The van der Waals surface area contributed by atoms with Gasteiger partial charge in [-0.15, -0.1) is 0 Å². The van der Waals surface area contributed by atoms with Crippen molar-refractivity contribution in [1.29, 1.82) is 0 Å². The maximum atomic E-state index is 12.2. The van der Waals surface area contributed by atoms with Crippen molar-refractivity contribution in [1.82, 2.24) is 5.32 Å². The van der Waals surface area contributed by atoms with Crippen LogP contribution in [0.3, 0.4) is 0 Å². The van der Waals surface area contributed by atoms with Crippen LogP contribution >= 0.6 is 0 Å². The number of oxime groups is 1. The van der Waals surface area contributed by atoms with E-state index >= 15 is 0 Å². The summed E-state index contributed by atoms with van der Waals surface area (Å²) in [5.74, 6) is -0.238. The molecule has 1 rings (SSSR count). The topological polar surface area (TPSA) is 69.2 Å². The molecule has 1 amide bonds. The number of nitrogens with one attached hydrogen (secondary N) is 1. The van der Waals surface area contributed by atoms with Crippen molar-refractivity contribution < 1.29 is 27.9 Å². The zero-order chi connectivity index (χ0) is 17.5. The minimum atomic E-state index is -2.94. The lowest BCUT2D eigenvalue weighted by Crippen LogP contribution is -2.42. The minimum absolute atomic E-state index is 0.0786. The van der Waals surface area contributed by atoms with Crippen LogP contribution in [0.15, 0.2) is 23.4 Å². The van der Waals surface area contributed by atoms with Crippen molar-refractivity contribution in [2.24, 2.45) is 5.16 Å². The van der Waals surface area contributed by atoms with Gasteiger partial charge >= 0.3 is 6.61 Å². The molecule has 0 atom stereocenters. The Morgan fingerprint density at radius 2 is 2.04 bits per heavy atom. The van der Waals surface area contributed by atoms with Crippen LogP contribution in [0.1, 0.15) is 26.3 Å². The summed E-state index contributed by atoms with van der Waals surface area (Å²) in [6, 6.07) is 4.29. The number of benzene rings is 1. The van der Waals surface area contributed by atoms with Gasteiger partial charge in [0.05, 0.1) is 13.3 Å². The Morgan fingerprint density at radius 3 is 2.61 bits per heavy atom. The molecule has 6 nitrogen and oxygen atoms in total. The highest BCUT2D eigenvalue weighted by atomic mass is 19.3. The van der Waals surface area contributed by atoms with Crippen LogP contribution in [-0.4, -0.2) is 38.0 Å². The van der Waals surface area contributed by atoms with Crippen molar-refractivity contribution in [2.45, 2.75) is 32.9 Å². The maximum Gasteiger partial charge on any atom is 0.387 e. The van der Waals surface area contributed by atoms with Crippen LogP contribution in [-0.2, 0) is 9.63 Å². The Morgan fingerprint density at radius 1 is 1.35 bits per heavy atom. The molecule has 0 saturated carbocycles. The standard InChI is InChI=1S/C15H20F2N2O4/c1-15(2,3)19-13(20)9-22-18-8-10-5-6-11(23-14(16)17)12(7-10)21-4/h5-8,14H,9H2,1-4H3,(H,19,20)/b18-8+. The molecule has 0 fully saturated rings. The van der Waals surface area contributed by atoms with E-state index in [1.165, 1.54) is 31.5 Å². The van der Waals surface area contributed by atoms with Crippen molar-refractivity contribution in [3.63, 3.8) is 0 Å². The van der Waals surface area contributed by atoms with Gasteiger partial charge in [0.2, 0.25) is 0 Å². The number of rotatable bonds is 7. The van der Waals surface area contributed by atoms with Gasteiger partial charge < -0.3 is 19.6 Å². The molecule has 23 heavy (non-hydrogen) atoms. The van der Waals surface area contributed by atoms with Gasteiger partial charge in [0.15, 0.2) is 18.1 Å². The van der Waals surface area contributed by atoms with Crippen molar-refractivity contribution in [3.8, 4) is 11.5 Å². The van der Waals surface area contributed by atoms with Gasteiger partial charge in [-0.05, 0) is 39.0 Å². The number of methoxy groups -OCH3 is 1. The second-order valence-corrected chi connectivity index (χ2v) is 5.59. The van der Waals surface area contributed by atoms with E-state index in [1.54, 1.807) is 0 Å². The molecule has 0 heterocycles. The quantitative estimate of drug-likeness (QED) is 0.616. The lowest BCUT2D eigenvalue weighted by molar-refractivity contribution is -0.127. The minimum Gasteiger partial charge on any atom is -0.493 e. The average Bonchev–Trinajstić information content (AvgIpc) is 2.42. The Bertz CT molecular complexity index is 557. The normalized spacial score (nSPS) is 11.6. The highest BCUT2D eigenvalue weighted by molar-refractivity contribution is 5.81. The number of hydrogen-bond acceptors (Lipinski definition) is 5. The lowest BCUT2D eigenvalue weighted by atomic mass is 10.1. The second kappa shape index (κ2) is 8.30. The first-order valence-electron chi connectivity index (χ1n) is 6.80. The Labute approximate surface area is 133 Å². The zero-order valence-electron chi connectivity index (χ0n) is 13.4. The molecule has 0 spiro atoms. The fourth-order valence-corrected chi connectivity index (χ4v) is 1.61. The van der Waals surface area contributed by atoms with Gasteiger partial charge in [-0.3, -0.25) is 4.79 Å². The number of nitrogens with zero attached hydrogens (tertiary/aromatic N) is 1. The zero-order valence-corrected chi connectivity index (χ0v) is 13.4. The predicted octanol–water partition coefficient (Wildman–Crippen LogP) is 2.56. The SMILES string of the molecule is COc1cc(/C=N/OCC(=O)NC(C)(C)C)ccc1OC(F)F. The molecule has 1 aromatic rings. The van der Waals surface area contributed by atoms with Crippen LogP contribution in [0.2, 0.25) is 0 Å². The molecule has 128 valence electrons. The predicted molar refractivity (Wildman–Crippen MR) is 81.1 cm³/mol. The molecule has 8 heteroatoms. The Balaban J connectivity index is 2.58. The summed E-state index contributed by atoms with van der Waals surface area (Å²) in [6.45, 7) is 2.39. The summed E-state index contributed by atoms with van der Waals surface area (Å²) >= 11 is 0. The number of alkyl halides is 2. The summed E-state index contributed by atoms with van der Waals surface area (Å²) in [4.78, 5) is 16.4. The fraction of sp³-hybridized carbons (Fsp3) is 0.467. The van der Waals surface area contributed by atoms with E-state index in [0.717, 1.165) is 0 Å². The summed E-state index contributed by atoms with van der Waals surface area (Å²) in [5.41, 5.74) is 0.192. The molecule has 0 radical (unpaired) electrons. The van der Waals surface area contributed by atoms with E-state index in [1.807, 2.05) is 20.8 Å². The van der Waals surface area contributed by atoms with Crippen LogP contribution in [0.25, 0.3) is 0 Å². The third-order valence-electron chi connectivity index (χ3n) is 2.39. The van der Waals surface area contributed by atoms with Gasteiger partial charge in [-0.1, -0.05) is 5.16 Å². The van der Waals surface area contributed by atoms with Crippen LogP contribution in [0.4, 0.5) is 8.78 Å². The molecular weight excluding hydrogens is 310 g/mol. The third-order valence-corrected chi connectivity index (χ3v) is 2.39. The van der Waals surface area contributed by atoms with Crippen molar-refractivity contribution in [2.75, 3.05) is 13.7 Å². The fourth-order valence-electron chi connectivity index (χ4n) is 1.61. The molecule has 0 bridgehead atoms. The van der Waals surface area contributed by atoms with Gasteiger partial charge in [0.1, 0.15) is 0 Å². The number of halogens is 2. The van der Waals surface area contributed by atoms with Crippen molar-refractivity contribution >= 4 is 12.1 Å². The summed E-state index contributed by atoms with van der Waals surface area (Å²) in [7, 11) is 1.34. The first-order chi connectivity index (χ1) is 10.7. The molecule has 0 aliphatic rings. The van der Waals surface area contributed by atoms with E-state index in [-0.39, 0.29) is 29.6 Å². The van der Waals surface area contributed by atoms with E-state index in [4.69, 9.17) is 9.57 Å². The molecule has 0 aliphatic carbocycles. The maximum absolute atomic E-state index is 12.2. The average molecular weight is 330 g/mol. The molecule has 0 aliphatic heterocycles. The first-order valence-corrected chi connectivity index (χ1v) is 6.80. The first kappa shape index (κ1) is 18.7. The number of hydrogen-bond donors (Lipinski definition) is 1. The molecule has 1 N–H and O–H groups in total. The molecule has 0 saturated heterocycles. The third kappa shape index (κ3) is 7.44. The van der Waals surface area contributed by atoms with Gasteiger partial charge in [0, 0.05) is 11.1 Å². The Hall–Kier alpha value is -2.38. The van der Waals surface area contributed by atoms with E-state index in [0.29, 0.717) is 5.56 Å². The molecule has 0 aromatic heterocycles. The number of amides is 1. The summed E-state index contributed by atoms with van der Waals surface area (Å²) in [5, 5.41) is 6.36. The molecule has 1 aromatic carbocycles. The largest absolute Gasteiger partial charge is 0.493 e. The van der Waals surface area contributed by atoms with Crippen LogP contribution in [0, 0.1) is 0 Å². The van der Waals surface area contributed by atoms with Gasteiger partial charge in [-0.25, -0.2) is 0 Å². The lowest BCUT2D eigenvalue weighted by Gasteiger charge is -2.19. The highest BCUT2D eigenvalue weighted by Gasteiger charge is 2.13. The molecular formula is C15H20F2N2O4. The highest BCUT2D eigenvalue weighted by Crippen LogP contribution is 2.28. The second-order valence-electron chi connectivity index (χ2n) is 5.59.